The molecule has 1 amide bonds. The van der Waals surface area contributed by atoms with Crippen molar-refractivity contribution in [1.82, 2.24) is 20.2 Å². The van der Waals surface area contributed by atoms with E-state index < -0.39 is 17.6 Å². The number of hydrogen-bond acceptors (Lipinski definition) is 9. The Morgan fingerprint density at radius 2 is 1.79 bits per heavy atom. The summed E-state index contributed by atoms with van der Waals surface area (Å²) in [7, 11) is 0. The van der Waals surface area contributed by atoms with Crippen molar-refractivity contribution in [2.75, 3.05) is 49.7 Å². The number of anilines is 2. The zero-order valence-corrected chi connectivity index (χ0v) is 21.2. The lowest BCUT2D eigenvalue weighted by Crippen LogP contribution is -2.37. The van der Waals surface area contributed by atoms with Gasteiger partial charge in [0.25, 0.3) is 11.8 Å². The van der Waals surface area contributed by atoms with Gasteiger partial charge in [-0.1, -0.05) is 0 Å². The SMILES string of the molecule is Cc1ncc(NC(=O)c2cc(C(F)(F)F)ccn2)cc1-c1cc(N2CCOCC2)c(OC2CCOCC2)nn1. The highest BCUT2D eigenvalue weighted by Crippen LogP contribution is 2.34. The molecule has 13 heteroatoms. The Morgan fingerprint density at radius 3 is 2.54 bits per heavy atom. The van der Waals surface area contributed by atoms with Crippen LogP contribution in [-0.2, 0) is 15.7 Å². The van der Waals surface area contributed by atoms with Gasteiger partial charge in [-0.05, 0) is 31.2 Å². The number of aromatic nitrogens is 4. The van der Waals surface area contributed by atoms with Gasteiger partial charge in [-0.2, -0.15) is 13.2 Å². The smallest absolute Gasteiger partial charge is 0.416 e. The van der Waals surface area contributed by atoms with Gasteiger partial charge in [0.1, 0.15) is 17.5 Å². The number of morpholine rings is 1. The topological polar surface area (TPSA) is 112 Å². The number of amides is 1. The van der Waals surface area contributed by atoms with E-state index in [4.69, 9.17) is 14.2 Å². The molecular formula is C26H27F3N6O4. The van der Waals surface area contributed by atoms with Crippen LogP contribution in [0.15, 0.2) is 36.7 Å². The fourth-order valence-corrected chi connectivity index (χ4v) is 4.36. The molecule has 5 heterocycles. The molecule has 2 saturated heterocycles. The number of nitrogens with zero attached hydrogens (tertiary/aromatic N) is 5. The maximum absolute atomic E-state index is 13.1. The first-order valence-corrected chi connectivity index (χ1v) is 12.5. The summed E-state index contributed by atoms with van der Waals surface area (Å²) in [5, 5.41) is 11.4. The van der Waals surface area contributed by atoms with Crippen molar-refractivity contribution in [3.63, 3.8) is 0 Å². The Hall–Kier alpha value is -3.84. The van der Waals surface area contributed by atoms with Gasteiger partial charge in [0.05, 0.1) is 49.6 Å². The first-order chi connectivity index (χ1) is 18.8. The fraction of sp³-hybridized carbons (Fsp3) is 0.423. The van der Waals surface area contributed by atoms with Crippen molar-refractivity contribution in [3.8, 4) is 17.1 Å². The summed E-state index contributed by atoms with van der Waals surface area (Å²) in [6.45, 7) is 5.50. The van der Waals surface area contributed by atoms with E-state index in [1.165, 1.54) is 6.20 Å². The van der Waals surface area contributed by atoms with Crippen LogP contribution in [0.2, 0.25) is 0 Å². The molecule has 10 nitrogen and oxygen atoms in total. The molecule has 206 valence electrons. The quantitative estimate of drug-likeness (QED) is 0.494. The summed E-state index contributed by atoms with van der Waals surface area (Å²) in [6, 6.07) is 5.04. The molecule has 39 heavy (non-hydrogen) atoms. The molecular weight excluding hydrogens is 517 g/mol. The summed E-state index contributed by atoms with van der Waals surface area (Å²) in [5.74, 6) is -0.365. The number of halogens is 3. The highest BCUT2D eigenvalue weighted by molar-refractivity contribution is 6.03. The molecule has 0 spiro atoms. The Morgan fingerprint density at radius 1 is 1.05 bits per heavy atom. The Balaban J connectivity index is 1.42. The van der Waals surface area contributed by atoms with Crippen LogP contribution >= 0.6 is 0 Å². The molecule has 0 unspecified atom stereocenters. The number of ether oxygens (including phenoxy) is 3. The average molecular weight is 545 g/mol. The maximum Gasteiger partial charge on any atom is 0.416 e. The first-order valence-electron chi connectivity index (χ1n) is 12.5. The maximum atomic E-state index is 13.1. The van der Waals surface area contributed by atoms with Gasteiger partial charge in [-0.15, -0.1) is 10.2 Å². The van der Waals surface area contributed by atoms with E-state index in [0.29, 0.717) is 68.4 Å². The number of hydrogen-bond donors (Lipinski definition) is 1. The van der Waals surface area contributed by atoms with Gasteiger partial charge in [-0.3, -0.25) is 14.8 Å². The van der Waals surface area contributed by atoms with Gasteiger partial charge < -0.3 is 24.4 Å². The molecule has 0 saturated carbocycles. The number of carbonyl (C=O) groups excluding carboxylic acids is 1. The molecule has 2 fully saturated rings. The molecule has 5 rings (SSSR count). The zero-order chi connectivity index (χ0) is 27.4. The van der Waals surface area contributed by atoms with Gasteiger partial charge >= 0.3 is 6.18 Å². The lowest BCUT2D eigenvalue weighted by molar-refractivity contribution is -0.137. The Labute approximate surface area is 222 Å². The van der Waals surface area contributed by atoms with E-state index >= 15 is 0 Å². The highest BCUT2D eigenvalue weighted by Gasteiger charge is 2.31. The monoisotopic (exact) mass is 544 g/mol. The number of rotatable bonds is 6. The van der Waals surface area contributed by atoms with Gasteiger partial charge in [0.15, 0.2) is 0 Å². The van der Waals surface area contributed by atoms with Crippen molar-refractivity contribution >= 4 is 17.3 Å². The average Bonchev–Trinajstić information content (AvgIpc) is 2.95. The van der Waals surface area contributed by atoms with E-state index in [-0.39, 0.29) is 17.5 Å². The van der Waals surface area contributed by atoms with Crippen LogP contribution in [0.25, 0.3) is 11.3 Å². The first kappa shape index (κ1) is 26.8. The molecule has 3 aromatic rings. The highest BCUT2D eigenvalue weighted by atomic mass is 19.4. The standard InChI is InChI=1S/C26H27F3N6O4/c1-16-20(13-18(15-31-16)32-24(36)22-12-17(2-5-30-22)26(27,28)29)21-14-23(35-6-10-38-11-7-35)25(34-33-21)39-19-3-8-37-9-4-19/h2,5,12-15,19H,3-4,6-11H2,1H3,(H,32,36). The minimum Gasteiger partial charge on any atom is -0.472 e. The molecule has 2 aliphatic rings. The summed E-state index contributed by atoms with van der Waals surface area (Å²) in [5.41, 5.74) is 1.47. The summed E-state index contributed by atoms with van der Waals surface area (Å²) >= 11 is 0. The van der Waals surface area contributed by atoms with Crippen LogP contribution in [0.1, 0.15) is 34.6 Å². The van der Waals surface area contributed by atoms with Crippen molar-refractivity contribution in [3.05, 3.63) is 53.6 Å². The third kappa shape index (κ3) is 6.42. The molecule has 0 aromatic carbocycles. The second kappa shape index (κ2) is 11.5. The number of alkyl halides is 3. The molecule has 2 aliphatic heterocycles. The third-order valence-electron chi connectivity index (χ3n) is 6.48. The second-order valence-corrected chi connectivity index (χ2v) is 9.19. The van der Waals surface area contributed by atoms with Gasteiger partial charge in [0.2, 0.25) is 0 Å². The third-order valence-corrected chi connectivity index (χ3v) is 6.48. The van der Waals surface area contributed by atoms with Crippen LogP contribution in [-0.4, -0.2) is 71.7 Å². The van der Waals surface area contributed by atoms with Crippen molar-refractivity contribution in [2.45, 2.75) is 32.0 Å². The van der Waals surface area contributed by atoms with Crippen LogP contribution in [0.4, 0.5) is 24.5 Å². The molecule has 0 atom stereocenters. The minimum absolute atomic E-state index is 0.0231. The Bertz CT molecular complexity index is 1330. The van der Waals surface area contributed by atoms with E-state index in [0.717, 1.165) is 30.8 Å². The van der Waals surface area contributed by atoms with Gasteiger partial charge in [0, 0.05) is 43.4 Å². The summed E-state index contributed by atoms with van der Waals surface area (Å²) < 4.78 is 56.3. The normalized spacial score (nSPS) is 16.7. The Kier molecular flexibility index (Phi) is 7.89. The number of carbonyl (C=O) groups is 1. The zero-order valence-electron chi connectivity index (χ0n) is 21.2. The van der Waals surface area contributed by atoms with Crippen molar-refractivity contribution < 1.29 is 32.2 Å². The molecule has 0 aliphatic carbocycles. The number of pyridine rings is 2. The van der Waals surface area contributed by atoms with Crippen molar-refractivity contribution in [1.29, 1.82) is 0 Å². The van der Waals surface area contributed by atoms with Crippen LogP contribution in [0.3, 0.4) is 0 Å². The fourth-order valence-electron chi connectivity index (χ4n) is 4.36. The molecule has 1 N–H and O–H groups in total. The summed E-state index contributed by atoms with van der Waals surface area (Å²) in [4.78, 5) is 22.9. The predicted octanol–water partition coefficient (Wildman–Crippen LogP) is 3.91. The number of aryl methyl sites for hydroxylation is 1. The summed E-state index contributed by atoms with van der Waals surface area (Å²) in [6.07, 6.45) is -0.722. The predicted molar refractivity (Wildman–Crippen MR) is 135 cm³/mol. The molecule has 3 aromatic heterocycles. The van der Waals surface area contributed by atoms with E-state index in [1.807, 2.05) is 6.07 Å². The second-order valence-electron chi connectivity index (χ2n) is 9.19. The largest absolute Gasteiger partial charge is 0.472 e. The van der Waals surface area contributed by atoms with E-state index in [2.05, 4.69) is 30.4 Å². The lowest BCUT2D eigenvalue weighted by Gasteiger charge is -2.31. The minimum atomic E-state index is -4.59. The van der Waals surface area contributed by atoms with Crippen LogP contribution in [0.5, 0.6) is 5.88 Å². The van der Waals surface area contributed by atoms with Gasteiger partial charge in [-0.25, -0.2) is 0 Å². The van der Waals surface area contributed by atoms with E-state index in [9.17, 15) is 18.0 Å². The van der Waals surface area contributed by atoms with Crippen LogP contribution in [0, 0.1) is 6.92 Å². The van der Waals surface area contributed by atoms with Crippen molar-refractivity contribution in [2.24, 2.45) is 0 Å². The van der Waals surface area contributed by atoms with E-state index in [1.54, 1.807) is 13.0 Å². The van der Waals surface area contributed by atoms with Crippen LogP contribution < -0.4 is 15.0 Å². The molecule has 0 radical (unpaired) electrons. The lowest BCUT2D eigenvalue weighted by atomic mass is 10.1. The molecule has 0 bridgehead atoms. The number of nitrogens with one attached hydrogen (secondary N) is 1.